The van der Waals surface area contributed by atoms with Crippen LogP contribution in [0, 0.1) is 4.91 Å². The van der Waals surface area contributed by atoms with E-state index < -0.39 is 0 Å². The minimum absolute atomic E-state index is 0.0308. The van der Waals surface area contributed by atoms with Gasteiger partial charge in [-0.2, -0.15) is 4.91 Å². The molecule has 2 heterocycles. The van der Waals surface area contributed by atoms with E-state index in [4.69, 9.17) is 9.47 Å². The third-order valence-corrected chi connectivity index (χ3v) is 5.28. The van der Waals surface area contributed by atoms with Crippen molar-refractivity contribution in [1.29, 1.82) is 0 Å². The predicted octanol–water partition coefficient (Wildman–Crippen LogP) is 2.62. The average molecular weight is 300 g/mol. The lowest BCUT2D eigenvalue weighted by Gasteiger charge is -2.35. The summed E-state index contributed by atoms with van der Waals surface area (Å²) < 4.78 is 11.8. The van der Waals surface area contributed by atoms with Crippen LogP contribution in [0.2, 0.25) is 0 Å². The molecule has 0 saturated heterocycles. The molecule has 116 valence electrons. The SMILES string of the molecule is COc1ccc2c3c1O[C@H]1CC(N=O)C=C[C@@]31CCN(C)C2. The van der Waals surface area contributed by atoms with E-state index >= 15 is 0 Å². The summed E-state index contributed by atoms with van der Waals surface area (Å²) in [6.07, 6.45) is 5.72. The van der Waals surface area contributed by atoms with Gasteiger partial charge in [-0.05, 0) is 31.6 Å². The number of hydrogen-bond acceptors (Lipinski definition) is 5. The topological polar surface area (TPSA) is 51.1 Å². The van der Waals surface area contributed by atoms with E-state index in [9.17, 15) is 4.91 Å². The van der Waals surface area contributed by atoms with Gasteiger partial charge >= 0.3 is 0 Å². The molecule has 3 aliphatic rings. The second-order valence-corrected chi connectivity index (χ2v) is 6.53. The number of benzene rings is 1. The maximum Gasteiger partial charge on any atom is 0.166 e. The second-order valence-electron chi connectivity index (χ2n) is 6.53. The zero-order valence-electron chi connectivity index (χ0n) is 12.9. The smallest absolute Gasteiger partial charge is 0.166 e. The first-order valence-corrected chi connectivity index (χ1v) is 7.75. The molecule has 0 saturated carbocycles. The number of nitroso groups, excluding NO2 is 1. The van der Waals surface area contributed by atoms with Crippen LogP contribution < -0.4 is 9.47 Å². The van der Waals surface area contributed by atoms with Crippen LogP contribution in [0.15, 0.2) is 29.5 Å². The summed E-state index contributed by atoms with van der Waals surface area (Å²) in [5.41, 5.74) is 2.40. The molecule has 2 aliphatic heterocycles. The van der Waals surface area contributed by atoms with Gasteiger partial charge in [-0.1, -0.05) is 23.4 Å². The Labute approximate surface area is 129 Å². The van der Waals surface area contributed by atoms with Crippen LogP contribution >= 0.6 is 0 Å². The average Bonchev–Trinajstić information content (AvgIpc) is 2.80. The fourth-order valence-electron chi connectivity index (χ4n) is 4.16. The molecule has 5 heteroatoms. The van der Waals surface area contributed by atoms with Crippen molar-refractivity contribution in [3.05, 3.63) is 40.3 Å². The molecule has 0 N–H and O–H groups in total. The summed E-state index contributed by atoms with van der Waals surface area (Å²) >= 11 is 0. The number of hydrogen-bond donors (Lipinski definition) is 0. The van der Waals surface area contributed by atoms with Gasteiger partial charge in [-0.3, -0.25) is 0 Å². The van der Waals surface area contributed by atoms with Crippen molar-refractivity contribution in [2.24, 2.45) is 5.18 Å². The second kappa shape index (κ2) is 4.81. The van der Waals surface area contributed by atoms with Gasteiger partial charge in [0.2, 0.25) is 0 Å². The zero-order valence-corrected chi connectivity index (χ0v) is 12.9. The molecule has 0 radical (unpaired) electrons. The van der Waals surface area contributed by atoms with Crippen molar-refractivity contribution >= 4 is 0 Å². The molecular formula is C17H20N2O3. The van der Waals surface area contributed by atoms with Gasteiger partial charge in [0.05, 0.1) is 12.5 Å². The fraction of sp³-hybridized carbons (Fsp3) is 0.529. The number of rotatable bonds is 2. The minimum Gasteiger partial charge on any atom is -0.493 e. The number of methoxy groups -OCH3 is 1. The molecule has 5 nitrogen and oxygen atoms in total. The Morgan fingerprint density at radius 1 is 1.45 bits per heavy atom. The van der Waals surface area contributed by atoms with Crippen molar-refractivity contribution in [2.75, 3.05) is 20.7 Å². The van der Waals surface area contributed by atoms with Crippen LogP contribution in [0.4, 0.5) is 0 Å². The van der Waals surface area contributed by atoms with Crippen molar-refractivity contribution in [2.45, 2.75) is 36.9 Å². The van der Waals surface area contributed by atoms with E-state index in [2.05, 4.69) is 29.3 Å². The van der Waals surface area contributed by atoms with E-state index in [0.29, 0.717) is 6.42 Å². The van der Waals surface area contributed by atoms with Crippen LogP contribution in [-0.4, -0.2) is 37.7 Å². The van der Waals surface area contributed by atoms with Gasteiger partial charge in [0.25, 0.3) is 0 Å². The summed E-state index contributed by atoms with van der Waals surface area (Å²) in [6.45, 7) is 1.91. The number of ether oxygens (including phenoxy) is 2. The molecular weight excluding hydrogens is 280 g/mol. The van der Waals surface area contributed by atoms with Crippen LogP contribution in [0.3, 0.4) is 0 Å². The molecule has 22 heavy (non-hydrogen) atoms. The van der Waals surface area contributed by atoms with Gasteiger partial charge in [-0.15, -0.1) is 0 Å². The normalized spacial score (nSPS) is 32.6. The van der Waals surface area contributed by atoms with Crippen molar-refractivity contribution in [1.82, 2.24) is 4.90 Å². The predicted molar refractivity (Wildman–Crippen MR) is 83.4 cm³/mol. The van der Waals surface area contributed by atoms with Gasteiger partial charge in [0.1, 0.15) is 12.1 Å². The first kappa shape index (κ1) is 13.8. The van der Waals surface area contributed by atoms with E-state index in [-0.39, 0.29) is 17.6 Å². The molecule has 0 fully saturated rings. The molecule has 1 unspecified atom stereocenters. The molecule has 1 aromatic rings. The summed E-state index contributed by atoms with van der Waals surface area (Å²) in [5.74, 6) is 1.64. The fourth-order valence-corrected chi connectivity index (χ4v) is 4.16. The third-order valence-electron chi connectivity index (χ3n) is 5.28. The summed E-state index contributed by atoms with van der Waals surface area (Å²) in [5, 5.41) is 3.20. The lowest BCUT2D eigenvalue weighted by Crippen LogP contribution is -2.42. The Morgan fingerprint density at radius 3 is 3.09 bits per heavy atom. The summed E-state index contributed by atoms with van der Waals surface area (Å²) in [6, 6.07) is 3.84. The maximum atomic E-state index is 10.9. The highest BCUT2D eigenvalue weighted by Crippen LogP contribution is 2.55. The van der Waals surface area contributed by atoms with E-state index in [0.717, 1.165) is 31.0 Å². The Kier molecular flexibility index (Phi) is 3.01. The lowest BCUT2D eigenvalue weighted by atomic mass is 9.69. The summed E-state index contributed by atoms with van der Waals surface area (Å²) in [4.78, 5) is 13.3. The molecule has 3 atom stereocenters. The molecule has 1 spiro atoms. The lowest BCUT2D eigenvalue weighted by molar-refractivity contribution is 0.134. The zero-order chi connectivity index (χ0) is 15.3. The Balaban J connectivity index is 1.93. The van der Waals surface area contributed by atoms with Gasteiger partial charge in [-0.25, -0.2) is 0 Å². The Bertz CT molecular complexity index is 658. The first-order valence-electron chi connectivity index (χ1n) is 7.75. The van der Waals surface area contributed by atoms with Gasteiger partial charge < -0.3 is 14.4 Å². The standard InChI is InChI=1S/C17H20N2O3/c1-19-8-7-17-6-5-12(18-20)9-14(17)22-16-13(21-2)4-3-11(10-19)15(16)17/h3-6,12,14H,7-10H2,1-2H3/t12?,14-,17-/m0/s1. The van der Waals surface area contributed by atoms with Crippen LogP contribution in [0.5, 0.6) is 11.5 Å². The molecule has 4 rings (SSSR count). The minimum atomic E-state index is -0.291. The highest BCUT2D eigenvalue weighted by molar-refractivity contribution is 5.61. The Hall–Kier alpha value is -1.88. The summed E-state index contributed by atoms with van der Waals surface area (Å²) in [7, 11) is 3.82. The van der Waals surface area contributed by atoms with Crippen molar-refractivity contribution in [3.63, 3.8) is 0 Å². The van der Waals surface area contributed by atoms with Crippen LogP contribution in [-0.2, 0) is 12.0 Å². The highest BCUT2D eigenvalue weighted by Gasteiger charge is 2.52. The first-order chi connectivity index (χ1) is 10.7. The Morgan fingerprint density at radius 2 is 2.32 bits per heavy atom. The highest BCUT2D eigenvalue weighted by atomic mass is 16.5. The molecule has 1 aromatic carbocycles. The monoisotopic (exact) mass is 300 g/mol. The van der Waals surface area contributed by atoms with E-state index in [1.54, 1.807) is 7.11 Å². The van der Waals surface area contributed by atoms with Crippen LogP contribution in [0.25, 0.3) is 0 Å². The number of nitrogens with zero attached hydrogens (tertiary/aromatic N) is 2. The molecule has 0 bridgehead atoms. The quantitative estimate of drug-likeness (QED) is 0.622. The van der Waals surface area contributed by atoms with Crippen LogP contribution in [0.1, 0.15) is 24.0 Å². The molecule has 0 amide bonds. The molecule has 1 aliphatic carbocycles. The van der Waals surface area contributed by atoms with Gasteiger partial charge in [0, 0.05) is 18.5 Å². The molecule has 0 aromatic heterocycles. The third kappa shape index (κ3) is 1.75. The van der Waals surface area contributed by atoms with Crippen molar-refractivity contribution < 1.29 is 9.47 Å². The largest absolute Gasteiger partial charge is 0.493 e. The van der Waals surface area contributed by atoms with Crippen molar-refractivity contribution in [3.8, 4) is 11.5 Å². The van der Waals surface area contributed by atoms with E-state index in [1.165, 1.54) is 11.1 Å². The van der Waals surface area contributed by atoms with E-state index in [1.807, 2.05) is 12.1 Å². The van der Waals surface area contributed by atoms with Gasteiger partial charge in [0.15, 0.2) is 11.5 Å². The maximum absolute atomic E-state index is 10.9.